The molecule has 0 atom stereocenters. The number of rotatable bonds is 13. The maximum atomic E-state index is 13.5. The largest absolute Gasteiger partial charge is 0.369 e. The van der Waals surface area contributed by atoms with Gasteiger partial charge in [-0.2, -0.15) is 11.8 Å². The lowest BCUT2D eigenvalue weighted by Crippen LogP contribution is -2.44. The number of ketones is 1. The summed E-state index contributed by atoms with van der Waals surface area (Å²) in [6.07, 6.45) is 5.56. The molecule has 264 valence electrons. The van der Waals surface area contributed by atoms with Gasteiger partial charge in [0.2, 0.25) is 17.7 Å². The van der Waals surface area contributed by atoms with Crippen LogP contribution < -0.4 is 20.9 Å². The summed E-state index contributed by atoms with van der Waals surface area (Å²) in [5, 5.41) is 9.72. The minimum Gasteiger partial charge on any atom is -0.369 e. The van der Waals surface area contributed by atoms with Crippen molar-refractivity contribution in [2.75, 3.05) is 53.2 Å². The Labute approximate surface area is 305 Å². The number of benzene rings is 4. The lowest BCUT2D eigenvalue weighted by Gasteiger charge is -2.32. The van der Waals surface area contributed by atoms with Gasteiger partial charge in [0.1, 0.15) is 0 Å². The molecule has 0 bridgehead atoms. The maximum Gasteiger partial charge on any atom is 0.261 e. The Hall–Kier alpha value is -5.93. The van der Waals surface area contributed by atoms with Gasteiger partial charge in [-0.3, -0.25) is 33.7 Å². The van der Waals surface area contributed by atoms with Gasteiger partial charge in [-0.05, 0) is 66.7 Å². The fourth-order valence-electron chi connectivity index (χ4n) is 6.25. The molecule has 5 amide bonds. The first-order valence-electron chi connectivity index (χ1n) is 17.0. The topological polar surface area (TPSA) is 145 Å². The third kappa shape index (κ3) is 8.16. The predicted molar refractivity (Wildman–Crippen MR) is 203 cm³/mol. The second-order valence-corrected chi connectivity index (χ2v) is 13.6. The first-order valence-corrected chi connectivity index (χ1v) is 18.2. The highest BCUT2D eigenvalue weighted by Crippen LogP contribution is 2.36. The van der Waals surface area contributed by atoms with Crippen LogP contribution in [0.25, 0.3) is 10.8 Å². The third-order valence-corrected chi connectivity index (χ3v) is 9.86. The molecule has 6 rings (SSSR count). The lowest BCUT2D eigenvalue weighted by molar-refractivity contribution is -0.124. The van der Waals surface area contributed by atoms with Crippen LogP contribution >= 0.6 is 11.8 Å². The van der Waals surface area contributed by atoms with E-state index < -0.39 is 17.7 Å². The molecule has 0 radical (unpaired) electrons. The van der Waals surface area contributed by atoms with E-state index in [-0.39, 0.29) is 49.9 Å². The smallest absolute Gasteiger partial charge is 0.261 e. The highest BCUT2D eigenvalue weighted by molar-refractivity contribution is 7.99. The van der Waals surface area contributed by atoms with Gasteiger partial charge in [0, 0.05) is 113 Å². The number of imide groups is 1. The van der Waals surface area contributed by atoms with Crippen LogP contribution in [0.15, 0.2) is 78.9 Å². The highest BCUT2D eigenvalue weighted by atomic mass is 32.2. The molecule has 0 saturated carbocycles. The van der Waals surface area contributed by atoms with E-state index in [9.17, 15) is 28.8 Å². The summed E-state index contributed by atoms with van der Waals surface area (Å²) in [6.45, 7) is 1.86. The molecule has 12 heteroatoms. The molecule has 0 aromatic heterocycles. The predicted octanol–water partition coefficient (Wildman–Crippen LogP) is 5.11. The zero-order chi connectivity index (χ0) is 36.6. The van der Waals surface area contributed by atoms with Crippen molar-refractivity contribution in [1.29, 1.82) is 0 Å². The molecule has 2 aliphatic rings. The Morgan fingerprint density at radius 2 is 1.29 bits per heavy atom. The molecule has 1 saturated heterocycles. The van der Waals surface area contributed by atoms with Gasteiger partial charge in [-0.25, -0.2) is 0 Å². The van der Waals surface area contributed by atoms with Crippen LogP contribution in [0.4, 0.5) is 17.1 Å². The number of hydrogen-bond acceptors (Lipinski definition) is 8. The molecule has 2 heterocycles. The molecule has 2 aliphatic heterocycles. The summed E-state index contributed by atoms with van der Waals surface area (Å²) in [5.74, 6) is 2.47. The van der Waals surface area contributed by atoms with Crippen LogP contribution in [-0.4, -0.2) is 77.9 Å². The van der Waals surface area contributed by atoms with E-state index in [2.05, 4.69) is 26.8 Å². The number of nitrogens with zero attached hydrogens (tertiary/aromatic N) is 2. The molecule has 4 aromatic carbocycles. The van der Waals surface area contributed by atoms with Crippen molar-refractivity contribution in [2.24, 2.45) is 0 Å². The minimum atomic E-state index is -0.397. The van der Waals surface area contributed by atoms with Crippen molar-refractivity contribution >= 4 is 74.9 Å². The molecular formula is C40H37N5O6S. The molecule has 1 fully saturated rings. The van der Waals surface area contributed by atoms with Crippen molar-refractivity contribution in [3.8, 4) is 12.3 Å². The Kier molecular flexibility index (Phi) is 11.3. The Morgan fingerprint density at radius 1 is 0.712 bits per heavy atom. The van der Waals surface area contributed by atoms with Gasteiger partial charge in [-0.15, -0.1) is 12.3 Å². The van der Waals surface area contributed by atoms with Crippen molar-refractivity contribution in [3.63, 3.8) is 0 Å². The first kappa shape index (κ1) is 35.9. The average molecular weight is 716 g/mol. The Morgan fingerprint density at radius 3 is 1.90 bits per heavy atom. The molecule has 11 nitrogen and oxygen atoms in total. The van der Waals surface area contributed by atoms with Crippen LogP contribution in [0.5, 0.6) is 0 Å². The van der Waals surface area contributed by atoms with Crippen molar-refractivity contribution in [1.82, 2.24) is 10.2 Å². The molecule has 52 heavy (non-hydrogen) atoms. The van der Waals surface area contributed by atoms with E-state index in [0.29, 0.717) is 45.4 Å². The molecular weight excluding hydrogens is 679 g/mol. The SMILES string of the molecule is C#CCCC(=O)Nc1ccc(C(=O)c2ccc(NC(=O)CCC(=O)NCCN3C(=O)c4cccc5c(N6CCSCC6)ccc(c45)C3=O)cc2)cc1. The standard InChI is InChI=1S/C40H37N5O6S/c1-2-3-7-35(47)42-28-12-8-26(9-13-28)38(49)27-10-14-29(15-11-27)43-36(48)19-18-34(46)41-20-21-45-39(50)31-6-4-5-30-33(44-22-24-52-25-23-44)17-16-32(37(30)31)40(45)51/h1,4-6,8-17H,3,7,18-25H2,(H,41,46)(H,42,47)(H,43,48). The van der Waals surface area contributed by atoms with Crippen LogP contribution in [0.2, 0.25) is 0 Å². The number of hydrogen-bond donors (Lipinski definition) is 3. The van der Waals surface area contributed by atoms with E-state index in [1.807, 2.05) is 30.0 Å². The maximum absolute atomic E-state index is 13.5. The fourth-order valence-corrected chi connectivity index (χ4v) is 7.15. The fraction of sp³-hybridized carbons (Fsp3) is 0.250. The summed E-state index contributed by atoms with van der Waals surface area (Å²) < 4.78 is 0. The number of terminal acetylenes is 1. The second kappa shape index (κ2) is 16.4. The average Bonchev–Trinajstić information content (AvgIpc) is 3.17. The van der Waals surface area contributed by atoms with Crippen LogP contribution in [0.1, 0.15) is 62.3 Å². The third-order valence-electron chi connectivity index (χ3n) is 8.92. The van der Waals surface area contributed by atoms with Gasteiger partial charge in [0.05, 0.1) is 0 Å². The van der Waals surface area contributed by atoms with Gasteiger partial charge in [-0.1, -0.05) is 12.1 Å². The van der Waals surface area contributed by atoms with Gasteiger partial charge >= 0.3 is 0 Å². The summed E-state index contributed by atoms with van der Waals surface area (Å²) in [7, 11) is 0. The van der Waals surface area contributed by atoms with E-state index in [1.165, 1.54) is 0 Å². The summed E-state index contributed by atoms with van der Waals surface area (Å²) >= 11 is 1.91. The van der Waals surface area contributed by atoms with Crippen molar-refractivity contribution in [3.05, 3.63) is 101 Å². The van der Waals surface area contributed by atoms with Crippen LogP contribution in [0.3, 0.4) is 0 Å². The van der Waals surface area contributed by atoms with Crippen molar-refractivity contribution < 1.29 is 28.8 Å². The summed E-state index contributed by atoms with van der Waals surface area (Å²) in [6, 6.07) is 22.2. The lowest BCUT2D eigenvalue weighted by atomic mass is 9.92. The van der Waals surface area contributed by atoms with Crippen LogP contribution in [-0.2, 0) is 14.4 Å². The van der Waals surface area contributed by atoms with E-state index >= 15 is 0 Å². The van der Waals surface area contributed by atoms with E-state index in [1.54, 1.807) is 60.7 Å². The molecule has 0 aliphatic carbocycles. The number of amides is 5. The summed E-state index contributed by atoms with van der Waals surface area (Å²) in [5.41, 5.74) is 3.83. The van der Waals surface area contributed by atoms with Gasteiger partial charge in [0.15, 0.2) is 5.78 Å². The quantitative estimate of drug-likeness (QED) is 0.0985. The Balaban J connectivity index is 0.955. The number of carbonyl (C=O) groups is 6. The minimum absolute atomic E-state index is 0.00450. The van der Waals surface area contributed by atoms with Crippen molar-refractivity contribution in [2.45, 2.75) is 25.7 Å². The summed E-state index contributed by atoms with van der Waals surface area (Å²) in [4.78, 5) is 80.3. The highest BCUT2D eigenvalue weighted by Gasteiger charge is 2.33. The zero-order valence-electron chi connectivity index (χ0n) is 28.4. The normalized spacial score (nSPS) is 13.8. The number of carbonyl (C=O) groups excluding carboxylic acids is 6. The molecule has 0 unspecified atom stereocenters. The Bertz CT molecular complexity index is 2060. The first-order chi connectivity index (χ1) is 25.2. The monoisotopic (exact) mass is 715 g/mol. The number of anilines is 3. The van der Waals surface area contributed by atoms with Gasteiger partial charge < -0.3 is 20.9 Å². The van der Waals surface area contributed by atoms with Gasteiger partial charge in [0.25, 0.3) is 11.8 Å². The number of nitrogens with one attached hydrogen (secondary N) is 3. The second-order valence-electron chi connectivity index (χ2n) is 12.4. The molecule has 4 aromatic rings. The molecule has 0 spiro atoms. The zero-order valence-corrected chi connectivity index (χ0v) is 29.2. The molecule has 3 N–H and O–H groups in total. The van der Waals surface area contributed by atoms with E-state index in [0.717, 1.165) is 40.6 Å². The van der Waals surface area contributed by atoms with Crippen LogP contribution in [0, 0.1) is 12.3 Å². The number of thioether (sulfide) groups is 1. The van der Waals surface area contributed by atoms with E-state index in [4.69, 9.17) is 6.42 Å².